The average Bonchev–Trinajstić information content (AvgIpc) is 2.48. The quantitative estimate of drug-likeness (QED) is 0.912. The van der Waals surface area contributed by atoms with E-state index in [0.717, 1.165) is 5.56 Å². The Morgan fingerprint density at radius 3 is 2.50 bits per heavy atom. The van der Waals surface area contributed by atoms with Gasteiger partial charge in [-0.25, -0.2) is 4.79 Å². The van der Waals surface area contributed by atoms with E-state index in [4.69, 9.17) is 10.5 Å². The fourth-order valence-electron chi connectivity index (χ4n) is 2.16. The smallest absolute Gasteiger partial charge is 0.320 e. The Balaban J connectivity index is 0.00000200. The highest BCUT2D eigenvalue weighted by Gasteiger charge is 2.22. The van der Waals surface area contributed by atoms with Crippen LogP contribution in [0.1, 0.15) is 5.56 Å². The Kier molecular flexibility index (Phi) is 7.36. The molecule has 0 aliphatic carbocycles. The molecule has 0 unspecified atom stereocenters. The number of morpholine rings is 1. The molecule has 0 atom stereocenters. The molecule has 2 N–H and O–H groups in total. The van der Waals surface area contributed by atoms with Gasteiger partial charge in [0.05, 0.1) is 13.2 Å². The van der Waals surface area contributed by atoms with Crippen LogP contribution in [0.3, 0.4) is 0 Å². The van der Waals surface area contributed by atoms with Crippen LogP contribution in [0.5, 0.6) is 0 Å². The number of hydrogen-bond acceptors (Lipinski definition) is 3. The summed E-state index contributed by atoms with van der Waals surface area (Å²) in [6.45, 7) is 4.21. The first-order valence-corrected chi connectivity index (χ1v) is 6.67. The van der Waals surface area contributed by atoms with E-state index in [1.54, 1.807) is 4.90 Å². The van der Waals surface area contributed by atoms with Gasteiger partial charge in [0, 0.05) is 32.7 Å². The summed E-state index contributed by atoms with van der Waals surface area (Å²) < 4.78 is 5.27. The van der Waals surface area contributed by atoms with E-state index in [9.17, 15) is 4.79 Å². The van der Waals surface area contributed by atoms with Crippen molar-refractivity contribution in [2.75, 3.05) is 39.4 Å². The summed E-state index contributed by atoms with van der Waals surface area (Å²) in [5.74, 6) is 0. The number of carbonyl (C=O) groups excluding carboxylic acids is 1. The molecule has 6 heteroatoms. The zero-order valence-electron chi connectivity index (χ0n) is 11.5. The number of nitrogens with two attached hydrogens (primary N) is 1. The Morgan fingerprint density at radius 2 is 1.90 bits per heavy atom. The van der Waals surface area contributed by atoms with Crippen LogP contribution in [0.4, 0.5) is 4.79 Å². The molecule has 0 bridgehead atoms. The van der Waals surface area contributed by atoms with E-state index >= 15 is 0 Å². The highest BCUT2D eigenvalue weighted by atomic mass is 35.5. The Hall–Kier alpha value is -1.30. The third-order valence-corrected chi connectivity index (χ3v) is 3.17. The monoisotopic (exact) mass is 299 g/mol. The van der Waals surface area contributed by atoms with Gasteiger partial charge in [-0.2, -0.15) is 0 Å². The molecule has 1 aromatic carbocycles. The van der Waals surface area contributed by atoms with Crippen LogP contribution in [0, 0.1) is 0 Å². The van der Waals surface area contributed by atoms with Gasteiger partial charge in [0.15, 0.2) is 0 Å². The number of benzene rings is 1. The lowest BCUT2D eigenvalue weighted by atomic mass is 10.2. The number of rotatable bonds is 4. The van der Waals surface area contributed by atoms with Gasteiger partial charge in [-0.15, -0.1) is 12.4 Å². The van der Waals surface area contributed by atoms with Crippen LogP contribution in [0.2, 0.25) is 0 Å². The summed E-state index contributed by atoms with van der Waals surface area (Å²) in [5, 5.41) is 0. The zero-order valence-corrected chi connectivity index (χ0v) is 12.3. The Morgan fingerprint density at radius 1 is 1.25 bits per heavy atom. The number of amides is 2. The number of ether oxygens (including phenoxy) is 1. The Labute approximate surface area is 126 Å². The molecule has 1 aliphatic heterocycles. The van der Waals surface area contributed by atoms with Crippen molar-refractivity contribution in [2.45, 2.75) is 6.54 Å². The van der Waals surface area contributed by atoms with Crippen molar-refractivity contribution in [3.8, 4) is 0 Å². The molecule has 1 aliphatic rings. The third-order valence-electron chi connectivity index (χ3n) is 3.17. The molecule has 0 saturated carbocycles. The van der Waals surface area contributed by atoms with Crippen LogP contribution < -0.4 is 5.73 Å². The molecular formula is C14H22ClN3O2. The fraction of sp³-hybridized carbons (Fsp3) is 0.500. The van der Waals surface area contributed by atoms with E-state index in [1.165, 1.54) is 0 Å². The minimum atomic E-state index is 0. The lowest BCUT2D eigenvalue weighted by Crippen LogP contribution is -2.49. The van der Waals surface area contributed by atoms with Gasteiger partial charge >= 0.3 is 6.03 Å². The van der Waals surface area contributed by atoms with Crippen LogP contribution in [-0.2, 0) is 11.3 Å². The van der Waals surface area contributed by atoms with Gasteiger partial charge < -0.3 is 20.3 Å². The second-order valence-corrected chi connectivity index (χ2v) is 4.58. The minimum Gasteiger partial charge on any atom is -0.378 e. The molecule has 5 nitrogen and oxygen atoms in total. The van der Waals surface area contributed by atoms with Crippen molar-refractivity contribution in [2.24, 2.45) is 5.73 Å². The predicted octanol–water partition coefficient (Wildman–Crippen LogP) is 1.32. The largest absolute Gasteiger partial charge is 0.378 e. The molecule has 1 aromatic rings. The van der Waals surface area contributed by atoms with E-state index in [-0.39, 0.29) is 18.4 Å². The highest BCUT2D eigenvalue weighted by molar-refractivity contribution is 5.85. The maximum Gasteiger partial charge on any atom is 0.320 e. The van der Waals surface area contributed by atoms with Gasteiger partial charge in [0.25, 0.3) is 0 Å². The molecule has 1 heterocycles. The van der Waals surface area contributed by atoms with Crippen LogP contribution in [0.25, 0.3) is 0 Å². The molecule has 2 amide bonds. The normalized spacial score (nSPS) is 14.6. The van der Waals surface area contributed by atoms with Gasteiger partial charge in [0.1, 0.15) is 0 Å². The van der Waals surface area contributed by atoms with Crippen molar-refractivity contribution in [3.63, 3.8) is 0 Å². The molecule has 0 radical (unpaired) electrons. The Bertz CT molecular complexity index is 397. The van der Waals surface area contributed by atoms with Crippen LogP contribution in [0.15, 0.2) is 30.3 Å². The summed E-state index contributed by atoms with van der Waals surface area (Å²) in [5.41, 5.74) is 6.74. The maximum atomic E-state index is 12.4. The lowest BCUT2D eigenvalue weighted by Gasteiger charge is -2.32. The highest BCUT2D eigenvalue weighted by Crippen LogP contribution is 2.08. The average molecular weight is 300 g/mol. The second-order valence-electron chi connectivity index (χ2n) is 4.58. The van der Waals surface area contributed by atoms with E-state index < -0.39 is 0 Å². The maximum absolute atomic E-state index is 12.4. The van der Waals surface area contributed by atoms with Gasteiger partial charge in [-0.05, 0) is 5.56 Å². The first-order chi connectivity index (χ1) is 9.31. The summed E-state index contributed by atoms with van der Waals surface area (Å²) in [6, 6.07) is 10.0. The van der Waals surface area contributed by atoms with Crippen molar-refractivity contribution in [1.82, 2.24) is 9.80 Å². The third kappa shape index (κ3) is 4.67. The van der Waals surface area contributed by atoms with Crippen molar-refractivity contribution >= 4 is 18.4 Å². The molecule has 1 fully saturated rings. The number of urea groups is 1. The SMILES string of the molecule is Cl.NCCN(Cc1ccccc1)C(=O)N1CCOCC1. The van der Waals surface area contributed by atoms with Crippen LogP contribution in [-0.4, -0.2) is 55.2 Å². The molecule has 112 valence electrons. The van der Waals surface area contributed by atoms with Gasteiger partial charge in [0.2, 0.25) is 0 Å². The zero-order chi connectivity index (χ0) is 13.5. The molecule has 20 heavy (non-hydrogen) atoms. The first kappa shape index (κ1) is 16.8. The molecule has 2 rings (SSSR count). The van der Waals surface area contributed by atoms with Crippen molar-refractivity contribution in [1.29, 1.82) is 0 Å². The molecule has 0 aromatic heterocycles. The lowest BCUT2D eigenvalue weighted by molar-refractivity contribution is 0.0428. The van der Waals surface area contributed by atoms with Crippen LogP contribution >= 0.6 is 12.4 Å². The number of carbonyl (C=O) groups is 1. The summed E-state index contributed by atoms with van der Waals surface area (Å²) in [6.07, 6.45) is 0. The standard InChI is InChI=1S/C14H21N3O2.ClH/c15-6-7-17(12-13-4-2-1-3-5-13)14(18)16-8-10-19-11-9-16;/h1-5H,6-12,15H2;1H. The summed E-state index contributed by atoms with van der Waals surface area (Å²) in [4.78, 5) is 16.1. The minimum absolute atomic E-state index is 0. The predicted molar refractivity (Wildman–Crippen MR) is 80.9 cm³/mol. The summed E-state index contributed by atoms with van der Waals surface area (Å²) >= 11 is 0. The fourth-order valence-corrected chi connectivity index (χ4v) is 2.16. The first-order valence-electron chi connectivity index (χ1n) is 6.67. The second kappa shape index (κ2) is 8.79. The van der Waals surface area contributed by atoms with Gasteiger partial charge in [-0.1, -0.05) is 30.3 Å². The van der Waals surface area contributed by atoms with Crippen molar-refractivity contribution < 1.29 is 9.53 Å². The van der Waals surface area contributed by atoms with E-state index in [1.807, 2.05) is 35.2 Å². The van der Waals surface area contributed by atoms with E-state index in [2.05, 4.69) is 0 Å². The molecule has 0 spiro atoms. The van der Waals surface area contributed by atoms with Crippen molar-refractivity contribution in [3.05, 3.63) is 35.9 Å². The molecule has 1 saturated heterocycles. The number of nitrogens with zero attached hydrogens (tertiary/aromatic N) is 2. The topological polar surface area (TPSA) is 58.8 Å². The number of halogens is 1. The number of hydrogen-bond donors (Lipinski definition) is 1. The summed E-state index contributed by atoms with van der Waals surface area (Å²) in [7, 11) is 0. The van der Waals surface area contributed by atoms with E-state index in [0.29, 0.717) is 45.9 Å². The molecular weight excluding hydrogens is 278 g/mol. The van der Waals surface area contributed by atoms with Gasteiger partial charge in [-0.3, -0.25) is 0 Å².